The molecule has 0 spiro atoms. The summed E-state index contributed by atoms with van der Waals surface area (Å²) < 4.78 is 5.54. The molecule has 3 fully saturated rings. The van der Waals surface area contributed by atoms with Gasteiger partial charge in [-0.15, -0.1) is 0 Å². The van der Waals surface area contributed by atoms with E-state index in [-0.39, 0.29) is 5.60 Å². The van der Waals surface area contributed by atoms with Gasteiger partial charge in [0, 0.05) is 5.92 Å². The van der Waals surface area contributed by atoms with Gasteiger partial charge in [0.25, 0.3) is 0 Å². The van der Waals surface area contributed by atoms with Crippen molar-refractivity contribution in [3.05, 3.63) is 0 Å². The van der Waals surface area contributed by atoms with Crippen molar-refractivity contribution in [2.75, 3.05) is 6.61 Å². The molecule has 3 rings (SSSR count). The second-order valence-corrected chi connectivity index (χ2v) is 5.11. The summed E-state index contributed by atoms with van der Waals surface area (Å²) in [6.07, 6.45) is 5.29. The van der Waals surface area contributed by atoms with Gasteiger partial charge in [-0.2, -0.15) is 0 Å². The van der Waals surface area contributed by atoms with Gasteiger partial charge in [0.15, 0.2) is 0 Å². The summed E-state index contributed by atoms with van der Waals surface area (Å²) in [6, 6.07) is 0. The van der Waals surface area contributed by atoms with Crippen molar-refractivity contribution in [3.63, 3.8) is 0 Å². The smallest absolute Gasteiger partial charge is 0.0762 e. The second kappa shape index (κ2) is 2.48. The van der Waals surface area contributed by atoms with Gasteiger partial charge in [0.2, 0.25) is 0 Å². The molecule has 1 aliphatic heterocycles. The van der Waals surface area contributed by atoms with Gasteiger partial charge in [-0.05, 0) is 38.0 Å². The average Bonchev–Trinajstić information content (AvgIpc) is 2.61. The molecule has 1 saturated heterocycles. The van der Waals surface area contributed by atoms with E-state index >= 15 is 0 Å². The number of rotatable bonds is 1. The van der Waals surface area contributed by atoms with E-state index in [1.807, 2.05) is 0 Å². The van der Waals surface area contributed by atoms with Crippen LogP contribution < -0.4 is 0 Å². The zero-order chi connectivity index (χ0) is 9.05. The Kier molecular flexibility index (Phi) is 1.58. The van der Waals surface area contributed by atoms with Crippen molar-refractivity contribution >= 4 is 0 Å². The molecule has 3 aliphatic rings. The maximum Gasteiger partial charge on any atom is 0.0762 e. The van der Waals surface area contributed by atoms with Crippen molar-refractivity contribution in [3.8, 4) is 0 Å². The highest BCUT2D eigenvalue weighted by molar-refractivity contribution is 5.18. The third-order valence-electron chi connectivity index (χ3n) is 4.45. The fourth-order valence-corrected chi connectivity index (χ4v) is 3.71. The van der Waals surface area contributed by atoms with Gasteiger partial charge in [-0.25, -0.2) is 0 Å². The van der Waals surface area contributed by atoms with Gasteiger partial charge in [0.05, 0.1) is 18.3 Å². The normalized spacial score (nSPS) is 59.5. The molecule has 0 aromatic heterocycles. The summed E-state index contributed by atoms with van der Waals surface area (Å²) in [4.78, 5) is 0. The van der Waals surface area contributed by atoms with Crippen LogP contribution in [0.2, 0.25) is 0 Å². The van der Waals surface area contributed by atoms with Gasteiger partial charge in [0.1, 0.15) is 0 Å². The molecular weight excluding hydrogens is 164 g/mol. The first-order valence-electron chi connectivity index (χ1n) is 5.57. The molecule has 4 unspecified atom stereocenters. The van der Waals surface area contributed by atoms with E-state index in [2.05, 4.69) is 6.92 Å². The fourth-order valence-electron chi connectivity index (χ4n) is 3.71. The Morgan fingerprint density at radius 1 is 1.31 bits per heavy atom. The van der Waals surface area contributed by atoms with Crippen LogP contribution in [0.4, 0.5) is 0 Å². The zero-order valence-corrected chi connectivity index (χ0v) is 8.20. The molecule has 2 heteroatoms. The van der Waals surface area contributed by atoms with E-state index in [0.29, 0.717) is 23.9 Å². The van der Waals surface area contributed by atoms with Crippen LogP contribution in [0.25, 0.3) is 0 Å². The molecule has 0 amide bonds. The third-order valence-corrected chi connectivity index (χ3v) is 4.45. The topological polar surface area (TPSA) is 29.5 Å². The molecule has 74 valence electrons. The van der Waals surface area contributed by atoms with Crippen LogP contribution in [0.5, 0.6) is 0 Å². The highest BCUT2D eigenvalue weighted by Gasteiger charge is 2.69. The van der Waals surface area contributed by atoms with E-state index in [1.165, 1.54) is 19.3 Å². The molecule has 0 bridgehead atoms. The standard InChI is InChI=1S/C11H18O2/c1-7-5-8(6-13-7)11(12)9-3-2-4-10(9)11/h7-10,12H,2-6H2,1H3. The Morgan fingerprint density at radius 3 is 2.54 bits per heavy atom. The molecular formula is C11H18O2. The van der Waals surface area contributed by atoms with Crippen LogP contribution in [0.15, 0.2) is 0 Å². The molecule has 13 heavy (non-hydrogen) atoms. The molecule has 0 aromatic carbocycles. The van der Waals surface area contributed by atoms with Crippen LogP contribution in [0.1, 0.15) is 32.6 Å². The minimum atomic E-state index is -0.303. The van der Waals surface area contributed by atoms with Crippen molar-refractivity contribution in [1.82, 2.24) is 0 Å². The maximum atomic E-state index is 10.4. The summed E-state index contributed by atoms with van der Waals surface area (Å²) in [5.74, 6) is 1.70. The van der Waals surface area contributed by atoms with Crippen LogP contribution >= 0.6 is 0 Å². The molecule has 2 aliphatic carbocycles. The van der Waals surface area contributed by atoms with E-state index < -0.39 is 0 Å². The van der Waals surface area contributed by atoms with Crippen molar-refractivity contribution < 1.29 is 9.84 Å². The van der Waals surface area contributed by atoms with Crippen molar-refractivity contribution in [2.45, 2.75) is 44.3 Å². The van der Waals surface area contributed by atoms with Crippen molar-refractivity contribution in [2.24, 2.45) is 17.8 Å². The summed E-state index contributed by atoms with van der Waals surface area (Å²) in [5, 5.41) is 10.4. The van der Waals surface area contributed by atoms with E-state index in [4.69, 9.17) is 4.74 Å². The Balaban J connectivity index is 1.73. The predicted molar refractivity (Wildman–Crippen MR) is 49.3 cm³/mol. The first kappa shape index (κ1) is 8.25. The highest BCUT2D eigenvalue weighted by atomic mass is 16.5. The second-order valence-electron chi connectivity index (χ2n) is 5.11. The van der Waals surface area contributed by atoms with Gasteiger partial charge < -0.3 is 9.84 Å². The van der Waals surface area contributed by atoms with E-state index in [1.54, 1.807) is 0 Å². The Labute approximate surface area is 79.3 Å². The molecule has 0 aromatic rings. The fraction of sp³-hybridized carbons (Fsp3) is 1.00. The van der Waals surface area contributed by atoms with E-state index in [9.17, 15) is 5.11 Å². The monoisotopic (exact) mass is 182 g/mol. The van der Waals surface area contributed by atoms with Crippen LogP contribution in [-0.2, 0) is 4.74 Å². The lowest BCUT2D eigenvalue weighted by atomic mass is 9.91. The Morgan fingerprint density at radius 2 is 2.00 bits per heavy atom. The maximum absolute atomic E-state index is 10.4. The Hall–Kier alpha value is -0.0800. The zero-order valence-electron chi connectivity index (χ0n) is 8.20. The van der Waals surface area contributed by atoms with Gasteiger partial charge >= 0.3 is 0 Å². The minimum absolute atomic E-state index is 0.303. The number of hydrogen-bond donors (Lipinski definition) is 1. The number of aliphatic hydroxyl groups is 1. The number of ether oxygens (including phenoxy) is 1. The van der Waals surface area contributed by atoms with Crippen LogP contribution in [-0.4, -0.2) is 23.4 Å². The largest absolute Gasteiger partial charge is 0.389 e. The highest BCUT2D eigenvalue weighted by Crippen LogP contribution is 2.65. The molecule has 2 saturated carbocycles. The predicted octanol–water partition coefficient (Wildman–Crippen LogP) is 1.57. The Bertz CT molecular complexity index is 216. The molecule has 1 N–H and O–H groups in total. The van der Waals surface area contributed by atoms with E-state index in [0.717, 1.165) is 13.0 Å². The van der Waals surface area contributed by atoms with Gasteiger partial charge in [-0.3, -0.25) is 0 Å². The van der Waals surface area contributed by atoms with Crippen LogP contribution in [0, 0.1) is 17.8 Å². The molecule has 2 nitrogen and oxygen atoms in total. The summed E-state index contributed by atoms with van der Waals surface area (Å²) in [5.41, 5.74) is -0.303. The third kappa shape index (κ3) is 0.962. The molecule has 0 radical (unpaired) electrons. The molecule has 4 atom stereocenters. The average molecular weight is 182 g/mol. The van der Waals surface area contributed by atoms with Crippen molar-refractivity contribution in [1.29, 1.82) is 0 Å². The lowest BCUT2D eigenvalue weighted by Crippen LogP contribution is -2.28. The summed E-state index contributed by atoms with van der Waals surface area (Å²) >= 11 is 0. The quantitative estimate of drug-likeness (QED) is 0.667. The minimum Gasteiger partial charge on any atom is -0.389 e. The lowest BCUT2D eigenvalue weighted by Gasteiger charge is -2.20. The summed E-state index contributed by atoms with van der Waals surface area (Å²) in [7, 11) is 0. The molecule has 1 heterocycles. The number of hydrogen-bond acceptors (Lipinski definition) is 2. The number of fused-ring (bicyclic) bond motifs is 1. The van der Waals surface area contributed by atoms with Crippen LogP contribution in [0.3, 0.4) is 0 Å². The first-order valence-corrected chi connectivity index (χ1v) is 5.57. The lowest BCUT2D eigenvalue weighted by molar-refractivity contribution is 0.0338. The summed E-state index contributed by atoms with van der Waals surface area (Å²) in [6.45, 7) is 2.91. The van der Waals surface area contributed by atoms with Gasteiger partial charge in [-0.1, -0.05) is 6.42 Å². The first-order chi connectivity index (χ1) is 6.23. The SMILES string of the molecule is CC1CC(C2(O)C3CCCC32)CO1.